The van der Waals surface area contributed by atoms with Crippen molar-refractivity contribution in [3.05, 3.63) is 60.2 Å². The van der Waals surface area contributed by atoms with Crippen molar-refractivity contribution in [2.75, 3.05) is 12.5 Å². The first kappa shape index (κ1) is 16.8. The monoisotopic (exact) mass is 310 g/mol. The lowest BCUT2D eigenvalue weighted by Gasteiger charge is -2.05. The maximum Gasteiger partial charge on any atom is 0.154 e. The molecule has 0 saturated carbocycles. The SMILES string of the molecule is C[S+](C)c1ccccc1.Cc1ccc(S(=O)(=O)[O-])cc1. The lowest BCUT2D eigenvalue weighted by atomic mass is 10.2. The second kappa shape index (κ2) is 7.47. The molecular weight excluding hydrogens is 292 g/mol. The van der Waals surface area contributed by atoms with Crippen LogP contribution in [0.3, 0.4) is 0 Å². The molecule has 0 heterocycles. The van der Waals surface area contributed by atoms with E-state index in [1.807, 2.05) is 6.92 Å². The highest BCUT2D eigenvalue weighted by atomic mass is 32.2. The lowest BCUT2D eigenvalue weighted by Crippen LogP contribution is -1.97. The van der Waals surface area contributed by atoms with Gasteiger partial charge >= 0.3 is 0 Å². The number of rotatable bonds is 2. The molecule has 0 saturated heterocycles. The van der Waals surface area contributed by atoms with Gasteiger partial charge in [-0.3, -0.25) is 0 Å². The van der Waals surface area contributed by atoms with E-state index in [2.05, 4.69) is 42.8 Å². The Balaban J connectivity index is 0.000000204. The second-order valence-electron chi connectivity index (χ2n) is 4.40. The van der Waals surface area contributed by atoms with Gasteiger partial charge in [0, 0.05) is 10.9 Å². The quantitative estimate of drug-likeness (QED) is 0.633. The smallest absolute Gasteiger partial charge is 0.154 e. The standard InChI is InChI=1S/C8H11S.C7H8O3S/c1-9(2)8-6-4-3-5-7-8;1-6-2-4-7(5-3-6)11(8,9)10/h3-7H,1-2H3;2-5H,1H3,(H,8,9,10)/q+1;/p-1. The van der Waals surface area contributed by atoms with E-state index >= 15 is 0 Å². The molecule has 0 unspecified atom stereocenters. The van der Waals surface area contributed by atoms with Crippen molar-refractivity contribution in [2.45, 2.75) is 16.7 Å². The summed E-state index contributed by atoms with van der Waals surface area (Å²) in [6.45, 7) is 1.82. The first-order valence-corrected chi connectivity index (χ1v) is 9.41. The van der Waals surface area contributed by atoms with Crippen LogP contribution < -0.4 is 0 Å². The fraction of sp³-hybridized carbons (Fsp3) is 0.200. The van der Waals surface area contributed by atoms with Gasteiger partial charge in [-0.15, -0.1) is 0 Å². The summed E-state index contributed by atoms with van der Waals surface area (Å²) in [6, 6.07) is 16.3. The van der Waals surface area contributed by atoms with Gasteiger partial charge in [0.05, 0.1) is 4.90 Å². The van der Waals surface area contributed by atoms with Crippen LogP contribution in [0.2, 0.25) is 0 Å². The maximum absolute atomic E-state index is 10.4. The van der Waals surface area contributed by atoms with Gasteiger partial charge < -0.3 is 4.55 Å². The van der Waals surface area contributed by atoms with Crippen LogP contribution in [-0.4, -0.2) is 25.5 Å². The summed E-state index contributed by atoms with van der Waals surface area (Å²) >= 11 is 0. The van der Waals surface area contributed by atoms with E-state index < -0.39 is 10.1 Å². The molecule has 0 radical (unpaired) electrons. The summed E-state index contributed by atoms with van der Waals surface area (Å²) in [6.07, 6.45) is 4.46. The molecule has 2 rings (SSSR count). The highest BCUT2D eigenvalue weighted by molar-refractivity contribution is 7.95. The van der Waals surface area contributed by atoms with Crippen LogP contribution in [0.25, 0.3) is 0 Å². The molecule has 0 amide bonds. The average molecular weight is 310 g/mol. The van der Waals surface area contributed by atoms with Crippen LogP contribution in [0.4, 0.5) is 0 Å². The van der Waals surface area contributed by atoms with Gasteiger partial charge in [0.2, 0.25) is 0 Å². The van der Waals surface area contributed by atoms with Crippen molar-refractivity contribution in [3.63, 3.8) is 0 Å². The molecule has 5 heteroatoms. The minimum atomic E-state index is -4.27. The summed E-state index contributed by atoms with van der Waals surface area (Å²) in [5.41, 5.74) is 0.928. The number of benzene rings is 2. The molecular formula is C15H18O3S2. The minimum absolute atomic E-state index is 0.178. The Bertz CT molecular complexity index is 618. The lowest BCUT2D eigenvalue weighted by molar-refractivity contribution is 0.463. The van der Waals surface area contributed by atoms with Crippen LogP contribution >= 0.6 is 0 Å². The molecule has 0 aliphatic heterocycles. The van der Waals surface area contributed by atoms with Gasteiger partial charge in [-0.1, -0.05) is 35.9 Å². The summed E-state index contributed by atoms with van der Waals surface area (Å²) in [7, 11) is -3.85. The van der Waals surface area contributed by atoms with Crippen molar-refractivity contribution in [2.24, 2.45) is 0 Å². The third-order valence-electron chi connectivity index (χ3n) is 2.52. The van der Waals surface area contributed by atoms with Crippen LogP contribution in [-0.2, 0) is 21.0 Å². The van der Waals surface area contributed by atoms with E-state index in [-0.39, 0.29) is 4.90 Å². The summed E-state index contributed by atoms with van der Waals surface area (Å²) in [5, 5.41) is 0. The molecule has 3 nitrogen and oxygen atoms in total. The minimum Gasteiger partial charge on any atom is -0.744 e. The fourth-order valence-electron chi connectivity index (χ4n) is 1.40. The topological polar surface area (TPSA) is 57.2 Å². The van der Waals surface area contributed by atoms with Gasteiger partial charge in [-0.05, 0) is 31.2 Å². The molecule has 20 heavy (non-hydrogen) atoms. The van der Waals surface area contributed by atoms with Crippen LogP contribution in [0.1, 0.15) is 5.56 Å². The Labute approximate surface area is 123 Å². The molecule has 0 N–H and O–H groups in total. The molecule has 0 bridgehead atoms. The Morgan fingerprint density at radius 2 is 1.40 bits per heavy atom. The third kappa shape index (κ3) is 5.77. The largest absolute Gasteiger partial charge is 0.744 e. The van der Waals surface area contributed by atoms with Crippen LogP contribution in [0, 0.1) is 6.92 Å². The number of hydrogen-bond donors (Lipinski definition) is 0. The molecule has 0 atom stereocenters. The van der Waals surface area contributed by atoms with Gasteiger partial charge in [0.15, 0.2) is 4.90 Å². The molecule has 2 aromatic rings. The van der Waals surface area contributed by atoms with Crippen molar-refractivity contribution >= 4 is 21.0 Å². The predicted molar refractivity (Wildman–Crippen MR) is 83.1 cm³/mol. The molecule has 0 fully saturated rings. The predicted octanol–water partition coefficient (Wildman–Crippen LogP) is 2.82. The van der Waals surface area contributed by atoms with Crippen molar-refractivity contribution < 1.29 is 13.0 Å². The van der Waals surface area contributed by atoms with Gasteiger partial charge in [0.25, 0.3) is 0 Å². The van der Waals surface area contributed by atoms with E-state index in [1.54, 1.807) is 12.1 Å². The van der Waals surface area contributed by atoms with Gasteiger partial charge in [-0.2, -0.15) is 0 Å². The first-order valence-electron chi connectivity index (χ1n) is 5.96. The Hall–Kier alpha value is -1.30. The van der Waals surface area contributed by atoms with E-state index in [1.165, 1.54) is 17.0 Å². The maximum atomic E-state index is 10.4. The van der Waals surface area contributed by atoms with Crippen LogP contribution in [0.5, 0.6) is 0 Å². The van der Waals surface area contributed by atoms with E-state index in [9.17, 15) is 13.0 Å². The Kier molecular flexibility index (Phi) is 6.26. The molecule has 0 aromatic heterocycles. The second-order valence-corrected chi connectivity index (χ2v) is 7.88. The van der Waals surface area contributed by atoms with Crippen molar-refractivity contribution in [1.29, 1.82) is 0 Å². The average Bonchev–Trinajstić information content (AvgIpc) is 2.40. The van der Waals surface area contributed by atoms with Crippen LogP contribution in [0.15, 0.2) is 64.4 Å². The summed E-state index contributed by atoms with van der Waals surface area (Å²) < 4.78 is 31.2. The zero-order chi connectivity index (χ0) is 15.2. The highest BCUT2D eigenvalue weighted by Crippen LogP contribution is 2.08. The van der Waals surface area contributed by atoms with E-state index in [4.69, 9.17) is 0 Å². The van der Waals surface area contributed by atoms with Gasteiger partial charge in [-0.25, -0.2) is 8.42 Å². The third-order valence-corrected chi connectivity index (χ3v) is 4.59. The number of aryl methyl sites for hydroxylation is 1. The molecule has 0 aliphatic carbocycles. The number of hydrogen-bond acceptors (Lipinski definition) is 3. The first-order chi connectivity index (χ1) is 9.30. The highest BCUT2D eigenvalue weighted by Gasteiger charge is 2.03. The van der Waals surface area contributed by atoms with E-state index in [0.717, 1.165) is 5.56 Å². The summed E-state index contributed by atoms with van der Waals surface area (Å²) in [4.78, 5) is 1.26. The summed E-state index contributed by atoms with van der Waals surface area (Å²) in [5.74, 6) is 0. The van der Waals surface area contributed by atoms with E-state index in [0.29, 0.717) is 10.9 Å². The normalized spacial score (nSPS) is 10.8. The fourth-order valence-corrected chi connectivity index (χ4v) is 2.57. The molecule has 2 aromatic carbocycles. The van der Waals surface area contributed by atoms with Crippen molar-refractivity contribution in [1.82, 2.24) is 0 Å². The molecule has 0 aliphatic rings. The van der Waals surface area contributed by atoms with Crippen molar-refractivity contribution in [3.8, 4) is 0 Å². The Morgan fingerprint density at radius 3 is 1.75 bits per heavy atom. The zero-order valence-corrected chi connectivity index (χ0v) is 13.4. The van der Waals surface area contributed by atoms with Gasteiger partial charge in [0.1, 0.15) is 22.6 Å². The molecule has 0 spiro atoms. The Morgan fingerprint density at radius 1 is 0.900 bits per heavy atom. The molecule has 108 valence electrons. The zero-order valence-electron chi connectivity index (χ0n) is 11.7.